The number of aromatic nitrogens is 4. The lowest BCUT2D eigenvalue weighted by atomic mass is 9.97. The second-order valence-electron chi connectivity index (χ2n) is 5.41. The summed E-state index contributed by atoms with van der Waals surface area (Å²) >= 11 is 1.10. The van der Waals surface area contributed by atoms with Crippen molar-refractivity contribution in [1.82, 2.24) is 18.3 Å². The number of Topliss-reactive ketones (excluding diaryl/α,β-unsaturated/α-hetero) is 1. The first-order valence-corrected chi connectivity index (χ1v) is 7.99. The van der Waals surface area contributed by atoms with E-state index in [4.69, 9.17) is 0 Å². The second-order valence-corrected chi connectivity index (χ2v) is 5.94. The molecular weight excluding hydrogens is 322 g/mol. The van der Waals surface area contributed by atoms with Crippen LogP contribution in [0.5, 0.6) is 0 Å². The van der Waals surface area contributed by atoms with E-state index in [1.165, 1.54) is 0 Å². The highest BCUT2D eigenvalue weighted by molar-refractivity contribution is 7.00. The molecule has 0 aliphatic carbocycles. The molecule has 0 N–H and O–H groups in total. The number of ketones is 1. The molecule has 1 unspecified atom stereocenters. The Morgan fingerprint density at radius 2 is 1.96 bits per heavy atom. The van der Waals surface area contributed by atoms with Gasteiger partial charge in [0.25, 0.3) is 0 Å². The quantitative estimate of drug-likeness (QED) is 0.538. The molecule has 6 nitrogen and oxygen atoms in total. The number of hydrogen-bond donors (Lipinski definition) is 0. The van der Waals surface area contributed by atoms with Crippen molar-refractivity contribution in [1.29, 1.82) is 5.26 Å². The summed E-state index contributed by atoms with van der Waals surface area (Å²) in [6.45, 7) is 0. The maximum absolute atomic E-state index is 12.9. The van der Waals surface area contributed by atoms with Crippen LogP contribution in [0, 0.1) is 11.3 Å². The summed E-state index contributed by atoms with van der Waals surface area (Å²) in [5, 5.41) is 9.58. The minimum atomic E-state index is -0.966. The van der Waals surface area contributed by atoms with E-state index in [0.717, 1.165) is 28.3 Å². The third-order valence-electron chi connectivity index (χ3n) is 4.01. The van der Waals surface area contributed by atoms with E-state index in [2.05, 4.69) is 19.8 Å². The van der Waals surface area contributed by atoms with Gasteiger partial charge in [-0.05, 0) is 30.3 Å². The third-order valence-corrected chi connectivity index (χ3v) is 4.57. The first kappa shape index (κ1) is 14.5. The van der Waals surface area contributed by atoms with Gasteiger partial charge in [0.2, 0.25) is 0 Å². The lowest BCUT2D eigenvalue weighted by molar-refractivity contribution is 0.0975. The number of carbonyl (C=O) groups is 1. The van der Waals surface area contributed by atoms with Crippen LogP contribution in [0.25, 0.3) is 22.1 Å². The van der Waals surface area contributed by atoms with Crippen LogP contribution in [0.3, 0.4) is 0 Å². The molecule has 24 heavy (non-hydrogen) atoms. The van der Waals surface area contributed by atoms with Gasteiger partial charge in [0.15, 0.2) is 11.7 Å². The Kier molecular flexibility index (Phi) is 3.32. The van der Waals surface area contributed by atoms with Crippen molar-refractivity contribution < 1.29 is 4.79 Å². The smallest absolute Gasteiger partial charge is 0.187 e. The average Bonchev–Trinajstić information content (AvgIpc) is 3.20. The van der Waals surface area contributed by atoms with Crippen LogP contribution in [0.4, 0.5) is 0 Å². The first-order valence-electron chi connectivity index (χ1n) is 7.26. The number of hydrogen-bond acceptors (Lipinski definition) is 6. The number of aryl methyl sites for hydroxylation is 1. The Hall–Kier alpha value is -3.11. The highest BCUT2D eigenvalue weighted by Gasteiger charge is 2.27. The summed E-state index contributed by atoms with van der Waals surface area (Å²) in [6.07, 6.45) is 0. The summed E-state index contributed by atoms with van der Waals surface area (Å²) in [4.78, 5) is 17.3. The molecule has 0 aliphatic heterocycles. The van der Waals surface area contributed by atoms with Crippen LogP contribution in [0.15, 0.2) is 42.5 Å². The molecule has 0 radical (unpaired) electrons. The Labute approximate surface area is 141 Å². The monoisotopic (exact) mass is 333 g/mol. The highest BCUT2D eigenvalue weighted by Crippen LogP contribution is 2.25. The highest BCUT2D eigenvalue weighted by atomic mass is 32.1. The zero-order chi connectivity index (χ0) is 16.7. The number of fused-ring (bicyclic) bond motifs is 2. The normalized spacial score (nSPS) is 12.3. The van der Waals surface area contributed by atoms with Crippen molar-refractivity contribution in [3.05, 3.63) is 53.9 Å². The Morgan fingerprint density at radius 3 is 2.75 bits per heavy atom. The molecule has 4 rings (SSSR count). The van der Waals surface area contributed by atoms with Crippen LogP contribution in [0.2, 0.25) is 0 Å². The minimum Gasteiger partial charge on any atom is -0.330 e. The van der Waals surface area contributed by atoms with Gasteiger partial charge in [-0.1, -0.05) is 12.1 Å². The second kappa shape index (κ2) is 5.51. The zero-order valence-electron chi connectivity index (χ0n) is 12.7. The fourth-order valence-corrected chi connectivity index (χ4v) is 3.28. The number of imidazole rings is 1. The van der Waals surface area contributed by atoms with Crippen LogP contribution in [0.1, 0.15) is 22.1 Å². The fourth-order valence-electron chi connectivity index (χ4n) is 2.76. The molecule has 0 aliphatic rings. The lowest BCUT2D eigenvalue weighted by Crippen LogP contribution is -2.15. The van der Waals surface area contributed by atoms with Crippen molar-refractivity contribution in [2.24, 2.45) is 7.05 Å². The van der Waals surface area contributed by atoms with Crippen molar-refractivity contribution in [2.45, 2.75) is 5.92 Å². The number of benzene rings is 2. The zero-order valence-corrected chi connectivity index (χ0v) is 13.5. The predicted octanol–water partition coefficient (Wildman–Crippen LogP) is 3.07. The van der Waals surface area contributed by atoms with Gasteiger partial charge in [0.1, 0.15) is 16.9 Å². The molecule has 2 aromatic carbocycles. The molecule has 4 aromatic rings. The van der Waals surface area contributed by atoms with E-state index in [1.54, 1.807) is 22.8 Å². The third kappa shape index (κ3) is 2.16. The maximum atomic E-state index is 12.9. The number of nitrogens with zero attached hydrogens (tertiary/aromatic N) is 5. The van der Waals surface area contributed by atoms with Crippen molar-refractivity contribution in [3.63, 3.8) is 0 Å². The van der Waals surface area contributed by atoms with Gasteiger partial charge < -0.3 is 4.57 Å². The molecule has 0 bridgehead atoms. The standard InChI is InChI=1S/C17H11N5OS/c1-22-15-5-3-2-4-13(15)19-17(22)11(9-18)16(23)10-6-7-12-14(8-10)21-24-20-12/h2-8,11H,1H3. The van der Waals surface area contributed by atoms with Crippen LogP contribution in [-0.4, -0.2) is 24.1 Å². The molecular formula is C17H11N5OS. The van der Waals surface area contributed by atoms with Gasteiger partial charge in [-0.15, -0.1) is 0 Å². The topological polar surface area (TPSA) is 84.5 Å². The first-order chi connectivity index (χ1) is 11.7. The van der Waals surface area contributed by atoms with Gasteiger partial charge in [0, 0.05) is 12.6 Å². The van der Waals surface area contributed by atoms with Crippen molar-refractivity contribution >= 4 is 39.6 Å². The van der Waals surface area contributed by atoms with E-state index < -0.39 is 5.92 Å². The van der Waals surface area contributed by atoms with Gasteiger partial charge >= 0.3 is 0 Å². The number of nitriles is 1. The molecule has 116 valence electrons. The summed E-state index contributed by atoms with van der Waals surface area (Å²) in [5.41, 5.74) is 3.50. The summed E-state index contributed by atoms with van der Waals surface area (Å²) < 4.78 is 10.1. The average molecular weight is 333 g/mol. The van der Waals surface area contributed by atoms with E-state index in [9.17, 15) is 10.1 Å². The molecule has 0 amide bonds. The van der Waals surface area contributed by atoms with E-state index >= 15 is 0 Å². The Balaban J connectivity index is 1.80. The largest absolute Gasteiger partial charge is 0.330 e. The number of rotatable bonds is 3. The number of para-hydroxylation sites is 2. The summed E-state index contributed by atoms with van der Waals surface area (Å²) in [5.74, 6) is -0.808. The fraction of sp³-hybridized carbons (Fsp3) is 0.118. The maximum Gasteiger partial charge on any atom is 0.187 e. The Bertz CT molecular complexity index is 1120. The molecule has 7 heteroatoms. The van der Waals surface area contributed by atoms with Gasteiger partial charge in [-0.3, -0.25) is 4.79 Å². The molecule has 2 aromatic heterocycles. The Morgan fingerprint density at radius 1 is 1.17 bits per heavy atom. The molecule has 0 spiro atoms. The van der Waals surface area contributed by atoms with E-state index in [0.29, 0.717) is 16.9 Å². The summed E-state index contributed by atoms with van der Waals surface area (Å²) in [7, 11) is 1.82. The van der Waals surface area contributed by atoms with E-state index in [-0.39, 0.29) is 5.78 Å². The SMILES string of the molecule is Cn1c(C(C#N)C(=O)c2ccc3nsnc3c2)nc2ccccc21. The van der Waals surface area contributed by atoms with E-state index in [1.807, 2.05) is 31.3 Å². The van der Waals surface area contributed by atoms with Gasteiger partial charge in [-0.2, -0.15) is 14.0 Å². The molecule has 0 fully saturated rings. The van der Waals surface area contributed by atoms with Gasteiger partial charge in [-0.25, -0.2) is 4.98 Å². The number of carbonyl (C=O) groups excluding carboxylic acids is 1. The molecule has 0 saturated carbocycles. The molecule has 0 saturated heterocycles. The van der Waals surface area contributed by atoms with Crippen LogP contribution >= 0.6 is 11.7 Å². The van der Waals surface area contributed by atoms with Crippen LogP contribution < -0.4 is 0 Å². The molecule has 2 heterocycles. The van der Waals surface area contributed by atoms with Gasteiger partial charge in [0.05, 0.1) is 28.8 Å². The van der Waals surface area contributed by atoms with Crippen LogP contribution in [-0.2, 0) is 7.05 Å². The van der Waals surface area contributed by atoms with Crippen molar-refractivity contribution in [3.8, 4) is 6.07 Å². The van der Waals surface area contributed by atoms with Crippen molar-refractivity contribution in [2.75, 3.05) is 0 Å². The predicted molar refractivity (Wildman–Crippen MR) is 90.8 cm³/mol. The summed E-state index contributed by atoms with van der Waals surface area (Å²) in [6, 6.07) is 14.8. The minimum absolute atomic E-state index is 0.286. The lowest BCUT2D eigenvalue weighted by Gasteiger charge is -2.08. The molecule has 1 atom stereocenters.